The van der Waals surface area contributed by atoms with Crippen LogP contribution in [0.1, 0.15) is 0 Å². The number of benzene rings is 4. The van der Waals surface area contributed by atoms with Crippen LogP contribution in [-0.2, 0) is 0 Å². The van der Waals surface area contributed by atoms with Crippen LogP contribution in [0, 0.1) is 12.3 Å². The Kier molecular flexibility index (Phi) is 9.85. The topological polar surface area (TPSA) is 167 Å². The number of hydrogen-bond acceptors (Lipinski definition) is 12. The standard InChI is InChI=1S/C20H16O6.C17H14O6/c1-4-7-25-13-9-14(21)20-15(22)11-17(26-19(20)10-13)12-5-6-16(23-2)18(8-12)24-3;1-21-13-4-3-9(5-15(13)22-2)14-8-12(20)17-11(19)6-10(18)7-16(17)23-14/h1,5-6,8-11,21H,7H2,2-3H3;3-8,18-19H,1-2H3. The molecule has 0 unspecified atom stereocenters. The molecule has 12 nitrogen and oxygen atoms in total. The summed E-state index contributed by atoms with van der Waals surface area (Å²) < 4.78 is 37.6. The smallest absolute Gasteiger partial charge is 0.197 e. The molecule has 0 radical (unpaired) electrons. The molecule has 49 heavy (non-hydrogen) atoms. The highest BCUT2D eigenvalue weighted by atomic mass is 16.5. The normalized spacial score (nSPS) is 10.5. The molecule has 0 atom stereocenters. The molecule has 0 fully saturated rings. The highest BCUT2D eigenvalue weighted by Crippen LogP contribution is 2.36. The van der Waals surface area contributed by atoms with Crippen LogP contribution >= 0.6 is 0 Å². The SMILES string of the molecule is C#CCOc1cc(O)c2c(=O)cc(-c3ccc(OC)c(OC)c3)oc2c1.COc1ccc(-c2cc(=O)c3c(O)cc(O)cc3o2)cc1OC. The number of methoxy groups -OCH3 is 4. The van der Waals surface area contributed by atoms with Gasteiger partial charge in [0.05, 0.1) is 28.4 Å². The number of aromatic hydroxyl groups is 3. The summed E-state index contributed by atoms with van der Waals surface area (Å²) in [6.45, 7) is 0.0323. The van der Waals surface area contributed by atoms with E-state index in [0.29, 0.717) is 45.6 Å². The van der Waals surface area contributed by atoms with Crippen LogP contribution in [-0.4, -0.2) is 50.4 Å². The van der Waals surface area contributed by atoms with Crippen molar-refractivity contribution in [3.05, 3.63) is 93.2 Å². The lowest BCUT2D eigenvalue weighted by Gasteiger charge is -2.10. The van der Waals surface area contributed by atoms with E-state index in [9.17, 15) is 24.9 Å². The minimum Gasteiger partial charge on any atom is -0.508 e. The first-order valence-electron chi connectivity index (χ1n) is 14.4. The fourth-order valence-corrected chi connectivity index (χ4v) is 4.97. The molecule has 250 valence electrons. The average molecular weight is 667 g/mol. The molecular formula is C37H30O12. The van der Waals surface area contributed by atoms with Crippen LogP contribution in [0.4, 0.5) is 0 Å². The third-order valence-corrected chi connectivity index (χ3v) is 7.24. The first-order chi connectivity index (χ1) is 23.6. The minimum atomic E-state index is -0.409. The van der Waals surface area contributed by atoms with Gasteiger partial charge in [0.1, 0.15) is 63.1 Å². The van der Waals surface area contributed by atoms with Crippen molar-refractivity contribution in [2.45, 2.75) is 0 Å². The summed E-state index contributed by atoms with van der Waals surface area (Å²) in [5.41, 5.74) is 0.722. The quantitative estimate of drug-likeness (QED) is 0.160. The first kappa shape index (κ1) is 33.6. The van der Waals surface area contributed by atoms with E-state index in [1.807, 2.05) is 0 Å². The molecule has 0 spiro atoms. The number of phenols is 3. The molecule has 0 aliphatic rings. The number of ether oxygens (including phenoxy) is 5. The van der Waals surface area contributed by atoms with Crippen molar-refractivity contribution in [2.24, 2.45) is 0 Å². The summed E-state index contributed by atoms with van der Waals surface area (Å²) in [7, 11) is 6.09. The van der Waals surface area contributed by atoms with Gasteiger partial charge >= 0.3 is 0 Å². The van der Waals surface area contributed by atoms with Crippen LogP contribution in [0.25, 0.3) is 44.6 Å². The Morgan fingerprint density at radius 1 is 0.612 bits per heavy atom. The van der Waals surface area contributed by atoms with Crippen LogP contribution < -0.4 is 34.5 Å². The molecule has 6 aromatic rings. The fourth-order valence-electron chi connectivity index (χ4n) is 4.97. The zero-order chi connectivity index (χ0) is 35.2. The third kappa shape index (κ3) is 7.01. The highest BCUT2D eigenvalue weighted by Gasteiger charge is 2.16. The average Bonchev–Trinajstić information content (AvgIpc) is 3.09. The minimum absolute atomic E-state index is 0.0204. The number of phenolic OH excluding ortho intramolecular Hbond substituents is 3. The van der Waals surface area contributed by atoms with Gasteiger partial charge in [-0.3, -0.25) is 9.59 Å². The fraction of sp³-hybridized carbons (Fsp3) is 0.135. The van der Waals surface area contributed by atoms with Gasteiger partial charge < -0.3 is 47.8 Å². The highest BCUT2D eigenvalue weighted by molar-refractivity contribution is 5.87. The van der Waals surface area contributed by atoms with Gasteiger partial charge in [-0.2, -0.15) is 0 Å². The second-order valence-corrected chi connectivity index (χ2v) is 10.2. The van der Waals surface area contributed by atoms with Crippen LogP contribution in [0.3, 0.4) is 0 Å². The molecule has 6 rings (SSSR count). The van der Waals surface area contributed by atoms with Gasteiger partial charge in [0, 0.05) is 47.5 Å². The Bertz CT molecular complexity index is 2330. The molecule has 0 saturated heterocycles. The predicted octanol–water partition coefficient (Wildman–Crippen LogP) is 6.08. The van der Waals surface area contributed by atoms with E-state index >= 15 is 0 Å². The lowest BCUT2D eigenvalue weighted by molar-refractivity contribution is 0.355. The van der Waals surface area contributed by atoms with Gasteiger partial charge in [0.25, 0.3) is 0 Å². The molecule has 0 amide bonds. The van der Waals surface area contributed by atoms with E-state index in [-0.39, 0.29) is 57.0 Å². The zero-order valence-corrected chi connectivity index (χ0v) is 26.7. The number of rotatable bonds is 8. The van der Waals surface area contributed by atoms with Crippen LogP contribution in [0.5, 0.6) is 46.0 Å². The lowest BCUT2D eigenvalue weighted by Crippen LogP contribution is -2.02. The van der Waals surface area contributed by atoms with Gasteiger partial charge in [0.15, 0.2) is 33.9 Å². The maximum absolute atomic E-state index is 12.4. The van der Waals surface area contributed by atoms with Crippen molar-refractivity contribution in [3.63, 3.8) is 0 Å². The Morgan fingerprint density at radius 3 is 1.55 bits per heavy atom. The maximum Gasteiger partial charge on any atom is 0.197 e. The van der Waals surface area contributed by atoms with E-state index < -0.39 is 5.43 Å². The Balaban J connectivity index is 0.000000192. The molecule has 0 bridgehead atoms. The third-order valence-electron chi connectivity index (χ3n) is 7.24. The molecule has 2 heterocycles. The van der Waals surface area contributed by atoms with Gasteiger partial charge in [-0.05, 0) is 36.4 Å². The molecular weight excluding hydrogens is 636 g/mol. The van der Waals surface area contributed by atoms with E-state index in [0.717, 1.165) is 6.07 Å². The monoisotopic (exact) mass is 666 g/mol. The van der Waals surface area contributed by atoms with Gasteiger partial charge in [-0.1, -0.05) is 5.92 Å². The molecule has 2 aromatic heterocycles. The summed E-state index contributed by atoms with van der Waals surface area (Å²) in [5.74, 6) is 4.59. The van der Waals surface area contributed by atoms with E-state index in [1.165, 1.54) is 58.8 Å². The summed E-state index contributed by atoms with van der Waals surface area (Å²) in [5, 5.41) is 29.6. The van der Waals surface area contributed by atoms with Crippen molar-refractivity contribution in [1.82, 2.24) is 0 Å². The van der Waals surface area contributed by atoms with E-state index in [1.54, 1.807) is 36.4 Å². The summed E-state index contributed by atoms with van der Waals surface area (Å²) in [6, 6.07) is 18.0. The molecule has 12 heteroatoms. The van der Waals surface area contributed by atoms with Crippen molar-refractivity contribution in [1.29, 1.82) is 0 Å². The van der Waals surface area contributed by atoms with Crippen molar-refractivity contribution < 1.29 is 47.8 Å². The lowest BCUT2D eigenvalue weighted by atomic mass is 10.1. The maximum atomic E-state index is 12.4. The second kappa shape index (κ2) is 14.4. The summed E-state index contributed by atoms with van der Waals surface area (Å²) >= 11 is 0. The van der Waals surface area contributed by atoms with Crippen LogP contribution in [0.2, 0.25) is 0 Å². The Hall–Kier alpha value is -6.74. The molecule has 0 aliphatic heterocycles. The predicted molar refractivity (Wildman–Crippen MR) is 181 cm³/mol. The molecule has 4 aromatic carbocycles. The number of hydrogen-bond donors (Lipinski definition) is 3. The van der Waals surface area contributed by atoms with Gasteiger partial charge in [0.2, 0.25) is 0 Å². The second-order valence-electron chi connectivity index (χ2n) is 10.2. The summed E-state index contributed by atoms with van der Waals surface area (Å²) in [6.07, 6.45) is 5.17. The van der Waals surface area contributed by atoms with Crippen LogP contribution in [0.15, 0.2) is 91.2 Å². The first-order valence-corrected chi connectivity index (χ1v) is 14.4. The number of terminal acetylenes is 1. The molecule has 0 aliphatic carbocycles. The van der Waals surface area contributed by atoms with Gasteiger partial charge in [-0.25, -0.2) is 0 Å². The Morgan fingerprint density at radius 2 is 1.08 bits per heavy atom. The van der Waals surface area contributed by atoms with Crippen molar-refractivity contribution >= 4 is 21.9 Å². The Labute approximate surface area is 278 Å². The zero-order valence-electron chi connectivity index (χ0n) is 26.7. The van der Waals surface area contributed by atoms with E-state index in [2.05, 4.69) is 5.92 Å². The summed E-state index contributed by atoms with van der Waals surface area (Å²) in [4.78, 5) is 24.7. The van der Waals surface area contributed by atoms with Gasteiger partial charge in [-0.15, -0.1) is 6.42 Å². The molecule has 0 saturated carbocycles. The largest absolute Gasteiger partial charge is 0.508 e. The van der Waals surface area contributed by atoms with E-state index in [4.69, 9.17) is 38.9 Å². The number of fused-ring (bicyclic) bond motifs is 2. The van der Waals surface area contributed by atoms with Crippen molar-refractivity contribution in [2.75, 3.05) is 35.0 Å². The van der Waals surface area contributed by atoms with Crippen molar-refractivity contribution in [3.8, 4) is 81.0 Å². The molecule has 3 N–H and O–H groups in total.